The summed E-state index contributed by atoms with van der Waals surface area (Å²) in [4.78, 5) is 32.1. The van der Waals surface area contributed by atoms with E-state index < -0.39 is 0 Å². The van der Waals surface area contributed by atoms with Crippen LogP contribution in [0.25, 0.3) is 10.9 Å². The minimum absolute atomic E-state index is 0.0150. The summed E-state index contributed by atoms with van der Waals surface area (Å²) in [6, 6.07) is 3.35. The van der Waals surface area contributed by atoms with Crippen LogP contribution in [0.5, 0.6) is 0 Å². The molecule has 1 aliphatic heterocycles. The van der Waals surface area contributed by atoms with Crippen molar-refractivity contribution < 1.29 is 4.79 Å². The highest BCUT2D eigenvalue weighted by molar-refractivity contribution is 6.38. The Balaban J connectivity index is 1.63. The van der Waals surface area contributed by atoms with Crippen molar-refractivity contribution in [2.75, 3.05) is 6.54 Å². The summed E-state index contributed by atoms with van der Waals surface area (Å²) in [6.45, 7) is 7.56. The second-order valence-electron chi connectivity index (χ2n) is 9.20. The lowest BCUT2D eigenvalue weighted by Crippen LogP contribution is -2.40. The number of hydrogen-bond acceptors (Lipinski definition) is 3. The molecule has 2 heterocycles. The van der Waals surface area contributed by atoms with Gasteiger partial charge >= 0.3 is 0 Å². The molecular formula is C20H23Cl2N3O2. The van der Waals surface area contributed by atoms with E-state index in [1.54, 1.807) is 12.1 Å². The minimum Gasteiger partial charge on any atom is -0.338 e. The van der Waals surface area contributed by atoms with E-state index in [-0.39, 0.29) is 34.9 Å². The monoisotopic (exact) mass is 407 g/mol. The molecule has 144 valence electrons. The molecule has 4 rings (SSSR count). The van der Waals surface area contributed by atoms with E-state index in [4.69, 9.17) is 23.2 Å². The number of amides is 1. The van der Waals surface area contributed by atoms with Crippen LogP contribution in [0, 0.1) is 10.8 Å². The van der Waals surface area contributed by atoms with Crippen molar-refractivity contribution in [2.24, 2.45) is 10.8 Å². The zero-order chi connectivity index (χ0) is 19.6. The van der Waals surface area contributed by atoms with E-state index in [0.717, 1.165) is 25.8 Å². The summed E-state index contributed by atoms with van der Waals surface area (Å²) in [5, 5.41) is 1.03. The van der Waals surface area contributed by atoms with Gasteiger partial charge < -0.3 is 4.90 Å². The Morgan fingerprint density at radius 1 is 1.26 bits per heavy atom. The summed E-state index contributed by atoms with van der Waals surface area (Å²) in [5.41, 5.74) is 0.504. The van der Waals surface area contributed by atoms with Gasteiger partial charge in [-0.3, -0.25) is 14.2 Å². The van der Waals surface area contributed by atoms with Crippen LogP contribution in [0.2, 0.25) is 10.0 Å². The molecular weight excluding hydrogens is 385 g/mol. The summed E-state index contributed by atoms with van der Waals surface area (Å²) >= 11 is 12.2. The van der Waals surface area contributed by atoms with Gasteiger partial charge in [-0.25, -0.2) is 4.98 Å². The molecule has 1 aromatic carbocycles. The van der Waals surface area contributed by atoms with Gasteiger partial charge in [-0.05, 0) is 42.2 Å². The van der Waals surface area contributed by atoms with Crippen molar-refractivity contribution in [3.05, 3.63) is 38.9 Å². The fraction of sp³-hybridized carbons (Fsp3) is 0.550. The highest BCUT2D eigenvalue weighted by atomic mass is 35.5. The third kappa shape index (κ3) is 3.36. The first kappa shape index (κ1) is 18.8. The molecule has 0 radical (unpaired) electrons. The smallest absolute Gasteiger partial charge is 0.261 e. The van der Waals surface area contributed by atoms with Crippen LogP contribution in [-0.2, 0) is 11.3 Å². The average Bonchev–Trinajstić information content (AvgIpc) is 2.79. The fourth-order valence-electron chi connectivity index (χ4n) is 5.30. The Bertz CT molecular complexity index is 1000. The van der Waals surface area contributed by atoms with Gasteiger partial charge in [-0.2, -0.15) is 0 Å². The molecule has 2 aliphatic rings. The summed E-state index contributed by atoms with van der Waals surface area (Å²) < 4.78 is 1.35. The number of hydrogen-bond donors (Lipinski definition) is 0. The third-order valence-electron chi connectivity index (χ3n) is 5.89. The zero-order valence-electron chi connectivity index (χ0n) is 15.8. The lowest BCUT2D eigenvalue weighted by molar-refractivity contribution is -0.133. The van der Waals surface area contributed by atoms with Crippen LogP contribution in [0.1, 0.15) is 40.0 Å². The van der Waals surface area contributed by atoms with Crippen LogP contribution < -0.4 is 5.56 Å². The van der Waals surface area contributed by atoms with Crippen LogP contribution in [0.3, 0.4) is 0 Å². The quantitative estimate of drug-likeness (QED) is 0.751. The predicted octanol–water partition coefficient (Wildman–Crippen LogP) is 4.13. The maximum absolute atomic E-state index is 13.0. The van der Waals surface area contributed by atoms with Crippen molar-refractivity contribution >= 4 is 40.0 Å². The summed E-state index contributed by atoms with van der Waals surface area (Å²) in [5.74, 6) is -0.0298. The van der Waals surface area contributed by atoms with Crippen LogP contribution in [-0.4, -0.2) is 32.9 Å². The van der Waals surface area contributed by atoms with E-state index >= 15 is 0 Å². The first-order valence-corrected chi connectivity index (χ1v) is 9.96. The highest BCUT2D eigenvalue weighted by Gasteiger charge is 2.50. The third-order valence-corrected chi connectivity index (χ3v) is 6.39. The van der Waals surface area contributed by atoms with Gasteiger partial charge in [0.2, 0.25) is 5.91 Å². The molecule has 2 aromatic rings. The molecule has 1 saturated heterocycles. The Morgan fingerprint density at radius 3 is 2.74 bits per heavy atom. The number of fused-ring (bicyclic) bond motifs is 3. The first-order chi connectivity index (χ1) is 12.6. The molecule has 0 spiro atoms. The molecule has 1 amide bonds. The van der Waals surface area contributed by atoms with Gasteiger partial charge in [0.05, 0.1) is 22.3 Å². The van der Waals surface area contributed by atoms with E-state index in [0.29, 0.717) is 20.9 Å². The van der Waals surface area contributed by atoms with Gasteiger partial charge in [0, 0.05) is 17.6 Å². The summed E-state index contributed by atoms with van der Waals surface area (Å²) in [7, 11) is 0. The molecule has 1 saturated carbocycles. The van der Waals surface area contributed by atoms with Gasteiger partial charge in [0.1, 0.15) is 6.54 Å². The van der Waals surface area contributed by atoms with Crippen molar-refractivity contribution in [3.8, 4) is 0 Å². The number of halogens is 2. The maximum atomic E-state index is 13.0. The molecule has 1 aliphatic carbocycles. The van der Waals surface area contributed by atoms with Crippen LogP contribution in [0.15, 0.2) is 23.3 Å². The largest absolute Gasteiger partial charge is 0.338 e. The Morgan fingerprint density at radius 2 is 2.00 bits per heavy atom. The van der Waals surface area contributed by atoms with E-state index in [1.165, 1.54) is 10.9 Å². The first-order valence-electron chi connectivity index (χ1n) is 9.21. The second kappa shape index (κ2) is 6.21. The summed E-state index contributed by atoms with van der Waals surface area (Å²) in [6.07, 6.45) is 4.56. The van der Waals surface area contributed by atoms with Gasteiger partial charge in [-0.1, -0.05) is 44.0 Å². The molecule has 2 bridgehead atoms. The molecule has 2 atom stereocenters. The SMILES string of the molecule is CC1(C)C[C@H]2C[C@](C)(CN2C(=O)Cn2cnc3c(Cl)cc(Cl)cc3c2=O)C1. The predicted molar refractivity (Wildman–Crippen MR) is 107 cm³/mol. The van der Waals surface area contributed by atoms with Gasteiger partial charge in [0.15, 0.2) is 0 Å². The van der Waals surface area contributed by atoms with E-state index in [1.807, 2.05) is 4.90 Å². The standard InChI is InChI=1S/C20H23Cl2N3O2/c1-19(2)6-13-7-20(3,9-19)10-25(13)16(26)8-24-11-23-17-14(18(24)27)4-12(21)5-15(17)22/h4-5,11,13H,6-10H2,1-3H3/t13-,20-/m0/s1. The van der Waals surface area contributed by atoms with Crippen molar-refractivity contribution in [2.45, 2.75) is 52.6 Å². The topological polar surface area (TPSA) is 55.2 Å². The molecule has 27 heavy (non-hydrogen) atoms. The van der Waals surface area contributed by atoms with Crippen LogP contribution >= 0.6 is 23.2 Å². The zero-order valence-corrected chi connectivity index (χ0v) is 17.3. The lowest BCUT2D eigenvalue weighted by Gasteiger charge is -2.39. The van der Waals surface area contributed by atoms with Gasteiger partial charge in [0.25, 0.3) is 5.56 Å². The lowest BCUT2D eigenvalue weighted by atomic mass is 9.65. The molecule has 1 aromatic heterocycles. The molecule has 0 N–H and O–H groups in total. The normalized spacial score (nSPS) is 26.6. The molecule has 7 heteroatoms. The molecule has 0 unspecified atom stereocenters. The van der Waals surface area contributed by atoms with Gasteiger partial charge in [-0.15, -0.1) is 0 Å². The molecule has 2 fully saturated rings. The van der Waals surface area contributed by atoms with E-state index in [2.05, 4.69) is 25.8 Å². The number of rotatable bonds is 2. The highest BCUT2D eigenvalue weighted by Crippen LogP contribution is 2.52. The van der Waals surface area contributed by atoms with E-state index in [9.17, 15) is 9.59 Å². The number of carbonyl (C=O) groups excluding carboxylic acids is 1. The number of benzene rings is 1. The van der Waals surface area contributed by atoms with Crippen molar-refractivity contribution in [1.29, 1.82) is 0 Å². The number of likely N-dealkylation sites (tertiary alicyclic amines) is 1. The minimum atomic E-state index is -0.300. The Kier molecular flexibility index (Phi) is 4.32. The van der Waals surface area contributed by atoms with Crippen molar-refractivity contribution in [1.82, 2.24) is 14.5 Å². The number of carbonyl (C=O) groups is 1. The molecule has 5 nitrogen and oxygen atoms in total. The fourth-order valence-corrected chi connectivity index (χ4v) is 5.84. The Hall–Kier alpha value is -1.59. The van der Waals surface area contributed by atoms with Crippen molar-refractivity contribution in [3.63, 3.8) is 0 Å². The average molecular weight is 408 g/mol. The maximum Gasteiger partial charge on any atom is 0.261 e. The second-order valence-corrected chi connectivity index (χ2v) is 10.0. The van der Waals surface area contributed by atoms with Crippen LogP contribution in [0.4, 0.5) is 0 Å². The Labute approximate surface area is 168 Å². The number of nitrogens with zero attached hydrogens (tertiary/aromatic N) is 3. The number of aromatic nitrogens is 2.